The number of hydrogen-bond acceptors (Lipinski definition) is 5. The van der Waals surface area contributed by atoms with Crippen molar-refractivity contribution >= 4 is 23.2 Å². The fourth-order valence-electron chi connectivity index (χ4n) is 4.31. The summed E-state index contributed by atoms with van der Waals surface area (Å²) in [4.78, 5) is 4.90. The average Bonchev–Trinajstić information content (AvgIpc) is 3.31. The van der Waals surface area contributed by atoms with E-state index < -0.39 is 0 Å². The molecule has 5 rings (SSSR count). The lowest BCUT2D eigenvalue weighted by molar-refractivity contribution is 0.0499. The Bertz CT molecular complexity index is 1040. The van der Waals surface area contributed by atoms with E-state index in [1.165, 1.54) is 5.69 Å². The quantitative estimate of drug-likeness (QED) is 0.644. The smallest absolute Gasteiger partial charge is 0.240 e. The third-order valence-electron chi connectivity index (χ3n) is 5.86. The normalized spacial score (nSPS) is 20.0. The lowest BCUT2D eigenvalue weighted by atomic mass is 10.0. The van der Waals surface area contributed by atoms with Crippen molar-refractivity contribution in [3.8, 4) is 0 Å². The average molecular weight is 433 g/mol. The molecule has 2 aliphatic rings. The van der Waals surface area contributed by atoms with Gasteiger partial charge in [-0.05, 0) is 42.0 Å². The molecule has 0 amide bonds. The topological polar surface area (TPSA) is 40.1 Å². The molecule has 1 saturated heterocycles. The Morgan fingerprint density at radius 3 is 2.29 bits per heavy atom. The number of hydrazone groups is 1. The van der Waals surface area contributed by atoms with Gasteiger partial charge in [-0.1, -0.05) is 60.1 Å². The Morgan fingerprint density at radius 1 is 0.871 bits per heavy atom. The highest BCUT2D eigenvalue weighted by Gasteiger charge is 2.36. The summed E-state index contributed by atoms with van der Waals surface area (Å²) in [7, 11) is 0. The van der Waals surface area contributed by atoms with Gasteiger partial charge in [0.1, 0.15) is 0 Å². The number of nitrogens with zero attached hydrogens (tertiary/aromatic N) is 3. The van der Waals surface area contributed by atoms with Gasteiger partial charge in [0.2, 0.25) is 12.1 Å². The molecule has 5 nitrogen and oxygen atoms in total. The second-order valence-electron chi connectivity index (χ2n) is 7.81. The largest absolute Gasteiger partial charge is 0.449 e. The van der Waals surface area contributed by atoms with Crippen LogP contribution in [-0.2, 0) is 4.74 Å². The highest BCUT2D eigenvalue weighted by molar-refractivity contribution is 6.30. The zero-order valence-electron chi connectivity index (χ0n) is 17.2. The molecule has 1 N–H and O–H groups in total. The number of para-hydroxylation sites is 1. The molecule has 0 saturated carbocycles. The van der Waals surface area contributed by atoms with Crippen LogP contribution in [0.5, 0.6) is 0 Å². The molecule has 0 aliphatic carbocycles. The van der Waals surface area contributed by atoms with Gasteiger partial charge in [-0.2, -0.15) is 0 Å². The third kappa shape index (κ3) is 4.38. The number of piperazine rings is 1. The second kappa shape index (κ2) is 9.00. The molecule has 1 fully saturated rings. The number of ether oxygens (including phenoxy) is 1. The lowest BCUT2D eigenvalue weighted by Crippen LogP contribution is -2.51. The van der Waals surface area contributed by atoms with Crippen LogP contribution in [0.4, 0.5) is 5.69 Å². The van der Waals surface area contributed by atoms with Gasteiger partial charge in [0.05, 0.1) is 6.04 Å². The first-order valence-electron chi connectivity index (χ1n) is 10.6. The maximum Gasteiger partial charge on any atom is 0.240 e. The Labute approximate surface area is 187 Å². The van der Waals surface area contributed by atoms with E-state index in [0.29, 0.717) is 5.90 Å². The van der Waals surface area contributed by atoms with Gasteiger partial charge in [-0.15, -0.1) is 5.10 Å². The fraction of sp³-hybridized carbons (Fsp3) is 0.240. The summed E-state index contributed by atoms with van der Waals surface area (Å²) in [6, 6.07) is 28.6. The number of rotatable bonds is 5. The van der Waals surface area contributed by atoms with Crippen molar-refractivity contribution in [3.63, 3.8) is 0 Å². The highest BCUT2D eigenvalue weighted by atomic mass is 35.5. The minimum Gasteiger partial charge on any atom is -0.449 e. The maximum absolute atomic E-state index is 6.35. The summed E-state index contributed by atoms with van der Waals surface area (Å²) in [5, 5.41) is 5.22. The van der Waals surface area contributed by atoms with Crippen molar-refractivity contribution in [2.24, 2.45) is 5.10 Å². The van der Waals surface area contributed by atoms with Crippen LogP contribution in [0.15, 0.2) is 90.0 Å². The molecule has 0 radical (unpaired) electrons. The molecule has 31 heavy (non-hydrogen) atoms. The van der Waals surface area contributed by atoms with Gasteiger partial charge in [0, 0.05) is 42.5 Å². The molecule has 3 aromatic rings. The minimum atomic E-state index is -0.281. The fourth-order valence-corrected chi connectivity index (χ4v) is 4.51. The second-order valence-corrected chi connectivity index (χ2v) is 8.25. The van der Waals surface area contributed by atoms with E-state index in [-0.39, 0.29) is 12.3 Å². The monoisotopic (exact) mass is 432 g/mol. The van der Waals surface area contributed by atoms with Crippen molar-refractivity contribution in [1.82, 2.24) is 10.3 Å². The summed E-state index contributed by atoms with van der Waals surface area (Å²) in [5.74, 6) is 0.626. The molecule has 2 aliphatic heterocycles. The Morgan fingerprint density at radius 2 is 1.58 bits per heavy atom. The zero-order valence-corrected chi connectivity index (χ0v) is 17.9. The minimum absolute atomic E-state index is 0.00147. The van der Waals surface area contributed by atoms with Crippen LogP contribution in [0.2, 0.25) is 5.02 Å². The highest BCUT2D eigenvalue weighted by Crippen LogP contribution is 2.31. The van der Waals surface area contributed by atoms with Crippen molar-refractivity contribution in [3.05, 3.63) is 101 Å². The van der Waals surface area contributed by atoms with E-state index in [2.05, 4.69) is 56.7 Å². The SMILES string of the molecule is Clc1cccc(C(C2NN=C(c3ccccc3)O2)N2CCN(c3ccccc3)CC2)c1. The molecule has 3 aromatic carbocycles. The van der Waals surface area contributed by atoms with Crippen molar-refractivity contribution in [2.45, 2.75) is 12.3 Å². The molecule has 2 unspecified atom stereocenters. The van der Waals surface area contributed by atoms with Crippen LogP contribution in [0.3, 0.4) is 0 Å². The zero-order chi connectivity index (χ0) is 21.0. The number of hydrogen-bond donors (Lipinski definition) is 1. The van der Waals surface area contributed by atoms with Crippen LogP contribution in [0.1, 0.15) is 17.2 Å². The van der Waals surface area contributed by atoms with Crippen molar-refractivity contribution < 1.29 is 4.74 Å². The Hall–Kier alpha value is -3.02. The number of anilines is 1. The van der Waals surface area contributed by atoms with E-state index in [9.17, 15) is 0 Å². The molecule has 158 valence electrons. The van der Waals surface area contributed by atoms with E-state index >= 15 is 0 Å². The predicted octanol–water partition coefficient (Wildman–Crippen LogP) is 4.51. The van der Waals surface area contributed by atoms with Gasteiger partial charge < -0.3 is 9.64 Å². The van der Waals surface area contributed by atoms with Crippen LogP contribution in [-0.4, -0.2) is 43.2 Å². The van der Waals surface area contributed by atoms with E-state index in [1.807, 2.05) is 48.5 Å². The summed E-state index contributed by atoms with van der Waals surface area (Å²) in [6.45, 7) is 3.77. The molecule has 0 spiro atoms. The third-order valence-corrected chi connectivity index (χ3v) is 6.09. The molecule has 0 bridgehead atoms. The van der Waals surface area contributed by atoms with Crippen molar-refractivity contribution in [1.29, 1.82) is 0 Å². The molecule has 0 aromatic heterocycles. The number of halogens is 1. The van der Waals surface area contributed by atoms with Gasteiger partial charge >= 0.3 is 0 Å². The first kappa shape index (κ1) is 19.9. The van der Waals surface area contributed by atoms with E-state index in [4.69, 9.17) is 16.3 Å². The molecular formula is C25H25ClN4O. The summed E-state index contributed by atoms with van der Waals surface area (Å²) in [6.07, 6.45) is -0.281. The summed E-state index contributed by atoms with van der Waals surface area (Å²) in [5.41, 5.74) is 6.60. The number of nitrogens with one attached hydrogen (secondary N) is 1. The standard InChI is InChI=1S/C25H25ClN4O/c26-21-11-7-10-20(18-21)23(25-28-27-24(31-25)19-8-3-1-4-9-19)30-16-14-29(15-17-30)22-12-5-2-6-13-22/h1-13,18,23,25,28H,14-17H2. The predicted molar refractivity (Wildman–Crippen MR) is 125 cm³/mol. The van der Waals surface area contributed by atoms with Gasteiger partial charge in [0.15, 0.2) is 0 Å². The van der Waals surface area contributed by atoms with Gasteiger partial charge in [-0.25, -0.2) is 0 Å². The summed E-state index contributed by atoms with van der Waals surface area (Å²) >= 11 is 6.35. The molecule has 2 heterocycles. The Kier molecular flexibility index (Phi) is 5.78. The molecule has 2 atom stereocenters. The van der Waals surface area contributed by atoms with Crippen molar-refractivity contribution in [2.75, 3.05) is 31.1 Å². The first-order chi connectivity index (χ1) is 15.3. The van der Waals surface area contributed by atoms with Gasteiger partial charge in [-0.3, -0.25) is 10.3 Å². The Balaban J connectivity index is 1.35. The van der Waals surface area contributed by atoms with Crippen LogP contribution < -0.4 is 10.3 Å². The van der Waals surface area contributed by atoms with E-state index in [1.54, 1.807) is 0 Å². The lowest BCUT2D eigenvalue weighted by Gasteiger charge is -2.41. The molecule has 6 heteroatoms. The maximum atomic E-state index is 6.35. The first-order valence-corrected chi connectivity index (χ1v) is 11.0. The van der Waals surface area contributed by atoms with Crippen LogP contribution in [0, 0.1) is 0 Å². The van der Waals surface area contributed by atoms with E-state index in [0.717, 1.165) is 42.3 Å². The van der Waals surface area contributed by atoms with Crippen LogP contribution in [0.25, 0.3) is 0 Å². The number of benzene rings is 3. The van der Waals surface area contributed by atoms with Gasteiger partial charge in [0.25, 0.3) is 0 Å². The summed E-state index contributed by atoms with van der Waals surface area (Å²) < 4.78 is 6.31. The van der Waals surface area contributed by atoms with Crippen LogP contribution >= 0.6 is 11.6 Å². The molecular weight excluding hydrogens is 408 g/mol.